The normalized spacial score (nSPS) is 21.3. The average Bonchev–Trinajstić information content (AvgIpc) is 3.24. The number of halogens is 2. The van der Waals surface area contributed by atoms with E-state index in [1.54, 1.807) is 0 Å². The molecule has 20 heteroatoms. The largest absolute Gasteiger partial charge is 0.444 e. The molecule has 1 aromatic heterocycles. The monoisotopic (exact) mass is 615 g/mol. The number of ether oxygens (including phenoxy) is 1. The third-order valence-electron chi connectivity index (χ3n) is 4.87. The Kier molecular flexibility index (Phi) is 12.4. The van der Waals surface area contributed by atoms with Crippen LogP contribution in [0.1, 0.15) is 32.6 Å². The lowest BCUT2D eigenvalue weighted by Gasteiger charge is -2.26. The molecule has 0 fully saturated rings. The van der Waals surface area contributed by atoms with Crippen molar-refractivity contribution in [2.24, 2.45) is 0 Å². The van der Waals surface area contributed by atoms with Gasteiger partial charge >= 0.3 is 33.0 Å². The van der Waals surface area contributed by atoms with E-state index in [1.165, 1.54) is 44.9 Å². The fourth-order valence-corrected chi connectivity index (χ4v) is 7.41. The SMILES string of the molecule is CCN(CC)CC.Cc1cn([C@H]2C=C[C@@H](COP(O)(=S)OP(=O)(O)C(F)(F)P(=O)(O)O)O2)c(=O)[nH]c1=O. The predicted octanol–water partition coefficient (Wildman–Crippen LogP) is 1.81. The number of hydrogen-bond acceptors (Lipinski definition) is 9. The quantitative estimate of drug-likeness (QED) is 0.178. The van der Waals surface area contributed by atoms with Crippen molar-refractivity contribution < 1.29 is 51.1 Å². The van der Waals surface area contributed by atoms with Crippen molar-refractivity contribution in [2.45, 2.75) is 45.4 Å². The maximum Gasteiger partial charge on any atom is 0.444 e. The van der Waals surface area contributed by atoms with Gasteiger partial charge in [-0.05, 0) is 44.4 Å². The smallest absolute Gasteiger partial charge is 0.344 e. The summed E-state index contributed by atoms with van der Waals surface area (Å²) in [5.41, 5.74) is -1.19. The highest BCUT2D eigenvalue weighted by molar-refractivity contribution is 8.08. The first kappa shape index (κ1) is 34.1. The second-order valence-corrected chi connectivity index (χ2v) is 14.3. The number of nitrogens with one attached hydrogen (secondary N) is 1. The van der Waals surface area contributed by atoms with E-state index in [4.69, 9.17) is 14.5 Å². The second kappa shape index (κ2) is 13.4. The molecule has 14 nitrogen and oxygen atoms in total. The number of aromatic nitrogens is 2. The van der Waals surface area contributed by atoms with Crippen LogP contribution in [0.2, 0.25) is 0 Å². The van der Waals surface area contributed by atoms with Gasteiger partial charge in [-0.1, -0.05) is 26.8 Å². The molecule has 1 aliphatic rings. The van der Waals surface area contributed by atoms with Gasteiger partial charge in [0, 0.05) is 11.8 Å². The first-order valence-corrected chi connectivity index (χ1v) is 16.4. The predicted molar refractivity (Wildman–Crippen MR) is 133 cm³/mol. The first-order chi connectivity index (χ1) is 16.8. The van der Waals surface area contributed by atoms with Crippen LogP contribution in [0.15, 0.2) is 27.9 Å². The summed E-state index contributed by atoms with van der Waals surface area (Å²) in [6.07, 6.45) is 1.84. The van der Waals surface area contributed by atoms with Crippen molar-refractivity contribution in [3.63, 3.8) is 0 Å². The molecule has 0 radical (unpaired) electrons. The Morgan fingerprint density at radius 3 is 2.14 bits per heavy atom. The number of hydrogen-bond donors (Lipinski definition) is 5. The Hall–Kier alpha value is -0.930. The maximum atomic E-state index is 13.4. The van der Waals surface area contributed by atoms with Gasteiger partial charge in [0.1, 0.15) is 6.10 Å². The molecule has 2 heterocycles. The number of alkyl halides is 2. The van der Waals surface area contributed by atoms with E-state index in [0.29, 0.717) is 0 Å². The number of aromatic amines is 1. The van der Waals surface area contributed by atoms with E-state index in [0.717, 1.165) is 4.57 Å². The molecular formula is C17H30F2N3O11P3S. The lowest BCUT2D eigenvalue weighted by molar-refractivity contribution is -0.00768. The molecule has 37 heavy (non-hydrogen) atoms. The molecule has 2 rings (SSSR count). The summed E-state index contributed by atoms with van der Waals surface area (Å²) < 4.78 is 63.9. The molecule has 214 valence electrons. The highest BCUT2D eigenvalue weighted by atomic mass is 32.5. The number of rotatable bonds is 11. The van der Waals surface area contributed by atoms with Crippen LogP contribution in [0.5, 0.6) is 0 Å². The topological polar surface area (TPSA) is 201 Å². The highest BCUT2D eigenvalue weighted by Crippen LogP contribution is 2.77. The summed E-state index contributed by atoms with van der Waals surface area (Å²) >= 11 is 4.32. The Morgan fingerprint density at radius 1 is 1.14 bits per heavy atom. The molecule has 0 amide bonds. The number of aryl methyl sites for hydroxylation is 1. The number of H-pyrrole nitrogens is 1. The average molecular weight is 615 g/mol. The van der Waals surface area contributed by atoms with Gasteiger partial charge in [0.2, 0.25) is 0 Å². The zero-order valence-electron chi connectivity index (χ0n) is 20.3. The van der Waals surface area contributed by atoms with Gasteiger partial charge in [0.25, 0.3) is 5.56 Å². The minimum absolute atomic E-state index is 0.204. The maximum absolute atomic E-state index is 13.4. The third kappa shape index (κ3) is 9.34. The fourth-order valence-electron chi connectivity index (χ4n) is 2.73. The van der Waals surface area contributed by atoms with Gasteiger partial charge in [-0.15, -0.1) is 0 Å². The molecule has 4 atom stereocenters. The van der Waals surface area contributed by atoms with E-state index in [9.17, 15) is 37.3 Å². The Balaban J connectivity index is 0.000000856. The van der Waals surface area contributed by atoms with Crippen LogP contribution in [-0.4, -0.2) is 71.8 Å². The summed E-state index contributed by atoms with van der Waals surface area (Å²) in [7, 11) is -12.9. The highest BCUT2D eigenvalue weighted by Gasteiger charge is 2.66. The molecule has 1 aromatic rings. The minimum Gasteiger partial charge on any atom is -0.344 e. The zero-order chi connectivity index (χ0) is 28.8. The Morgan fingerprint density at radius 2 is 1.68 bits per heavy atom. The summed E-state index contributed by atoms with van der Waals surface area (Å²) in [5, 5.41) is -5.53. The molecule has 5 N–H and O–H groups in total. The zero-order valence-corrected chi connectivity index (χ0v) is 23.8. The van der Waals surface area contributed by atoms with Crippen LogP contribution in [0.3, 0.4) is 0 Å². The summed E-state index contributed by atoms with van der Waals surface area (Å²) in [4.78, 5) is 63.5. The van der Waals surface area contributed by atoms with Crippen LogP contribution in [0.4, 0.5) is 8.78 Å². The molecule has 0 aliphatic carbocycles. The Labute approximate surface area is 215 Å². The van der Waals surface area contributed by atoms with E-state index >= 15 is 0 Å². The van der Waals surface area contributed by atoms with Gasteiger partial charge in [0.15, 0.2) is 6.23 Å². The van der Waals surface area contributed by atoms with Gasteiger partial charge < -0.3 is 33.7 Å². The van der Waals surface area contributed by atoms with Crippen molar-refractivity contribution in [2.75, 3.05) is 26.2 Å². The lowest BCUT2D eigenvalue weighted by atomic mass is 10.3. The van der Waals surface area contributed by atoms with Crippen LogP contribution in [0.25, 0.3) is 0 Å². The van der Waals surface area contributed by atoms with Gasteiger partial charge in [0.05, 0.1) is 6.61 Å². The van der Waals surface area contributed by atoms with Gasteiger partial charge in [-0.3, -0.25) is 23.5 Å². The minimum atomic E-state index is -6.44. The van der Waals surface area contributed by atoms with Crippen molar-refractivity contribution in [1.29, 1.82) is 0 Å². The van der Waals surface area contributed by atoms with E-state index in [-0.39, 0.29) is 5.56 Å². The van der Waals surface area contributed by atoms with Crippen LogP contribution >= 0.6 is 21.9 Å². The molecule has 0 saturated heterocycles. The second-order valence-electron chi connectivity index (χ2n) is 7.47. The Bertz CT molecular complexity index is 1210. The van der Waals surface area contributed by atoms with Crippen LogP contribution in [-0.2, 0) is 34.5 Å². The molecule has 2 unspecified atom stereocenters. The van der Waals surface area contributed by atoms with Crippen molar-refractivity contribution in [3.05, 3.63) is 44.8 Å². The summed E-state index contributed by atoms with van der Waals surface area (Å²) in [5.74, 6) is 0. The van der Waals surface area contributed by atoms with Gasteiger partial charge in [-0.2, -0.15) is 8.78 Å². The van der Waals surface area contributed by atoms with Crippen LogP contribution < -0.4 is 11.2 Å². The van der Waals surface area contributed by atoms with E-state index in [1.807, 2.05) is 4.98 Å². The molecule has 0 spiro atoms. The summed E-state index contributed by atoms with van der Waals surface area (Å²) in [6.45, 7) is 5.99. The third-order valence-corrected chi connectivity index (χ3v) is 10.9. The molecule has 0 saturated carbocycles. The van der Waals surface area contributed by atoms with Crippen molar-refractivity contribution in [3.8, 4) is 0 Å². The number of nitrogens with zero attached hydrogens (tertiary/aromatic N) is 2. The first-order valence-electron chi connectivity index (χ1n) is 10.6. The summed E-state index contributed by atoms with van der Waals surface area (Å²) in [6, 6.07) is 0. The fraction of sp³-hybridized carbons (Fsp3) is 0.647. The molecular weight excluding hydrogens is 585 g/mol. The lowest BCUT2D eigenvalue weighted by Crippen LogP contribution is -2.33. The van der Waals surface area contributed by atoms with Crippen molar-refractivity contribution in [1.82, 2.24) is 14.5 Å². The standard InChI is InChI=1S/C11H15F2N2O11P3S.C6H15N/c1-6-4-15(10(17)14-9(6)16)8-3-2-7(25-8)5-24-29(23,30)26-28(21,22)11(12,13)27(18,19)20;1-4-7(5-2)6-3/h2-4,7-8H,5H2,1H3,(H,21,22)(H,23,30)(H,14,16,17)(H2,18,19,20);4-6H2,1-3H3/t7-,8+,29?;/m0./s1. The van der Waals surface area contributed by atoms with Crippen LogP contribution in [0, 0.1) is 6.92 Å². The molecule has 0 aromatic carbocycles. The van der Waals surface area contributed by atoms with E-state index in [2.05, 4.69) is 46.3 Å². The van der Waals surface area contributed by atoms with Gasteiger partial charge in [-0.25, -0.2) is 9.11 Å². The van der Waals surface area contributed by atoms with E-state index < -0.39 is 57.5 Å². The van der Waals surface area contributed by atoms with Crippen molar-refractivity contribution >= 4 is 33.7 Å². The molecule has 1 aliphatic heterocycles. The molecule has 0 bridgehead atoms.